The first kappa shape index (κ1) is 21.8. The molecule has 3 aromatic carbocycles. The van der Waals surface area contributed by atoms with Crippen LogP contribution >= 0.6 is 0 Å². The van der Waals surface area contributed by atoms with Gasteiger partial charge in [-0.05, 0) is 60.6 Å². The van der Waals surface area contributed by atoms with Crippen LogP contribution in [-0.2, 0) is 13.2 Å². The third-order valence-electron chi connectivity index (χ3n) is 5.63. The van der Waals surface area contributed by atoms with E-state index in [0.29, 0.717) is 6.61 Å². The number of likely N-dealkylation sites (N-methyl/N-ethyl adjacent to an activating group) is 1. The predicted molar refractivity (Wildman–Crippen MR) is 132 cm³/mol. The lowest BCUT2D eigenvalue weighted by molar-refractivity contribution is 0.292. The number of hydrogen-bond donors (Lipinski definition) is 0. The topological polar surface area (TPSA) is 42.7 Å². The lowest BCUT2D eigenvalue weighted by Crippen LogP contribution is -2.26. The molecule has 0 spiro atoms. The van der Waals surface area contributed by atoms with E-state index in [-0.39, 0.29) is 0 Å². The molecule has 1 aromatic heterocycles. The normalized spacial score (nSPS) is 11.6. The first-order valence-electron chi connectivity index (χ1n) is 11.2. The first-order valence-corrected chi connectivity index (χ1v) is 11.2. The van der Waals surface area contributed by atoms with Crippen molar-refractivity contribution < 1.29 is 4.74 Å². The minimum atomic E-state index is 0.560. The van der Waals surface area contributed by atoms with Crippen molar-refractivity contribution in [2.24, 2.45) is 4.99 Å². The summed E-state index contributed by atoms with van der Waals surface area (Å²) in [5, 5.41) is 0. The molecule has 0 radical (unpaired) electrons. The Morgan fingerprint density at radius 2 is 1.62 bits per heavy atom. The summed E-state index contributed by atoms with van der Waals surface area (Å²) in [5.41, 5.74) is 4.27. The SMILES string of the molecule is CCN(CC)CCn1c(N=Cc2ccc(OCc3ccccc3)cc2)nc2ccccc21. The zero-order valence-electron chi connectivity index (χ0n) is 18.8. The maximum absolute atomic E-state index is 5.88. The summed E-state index contributed by atoms with van der Waals surface area (Å²) < 4.78 is 8.09. The van der Waals surface area contributed by atoms with Gasteiger partial charge in [-0.1, -0.05) is 56.3 Å². The summed E-state index contributed by atoms with van der Waals surface area (Å²) in [7, 11) is 0. The van der Waals surface area contributed by atoms with Crippen LogP contribution in [0.15, 0.2) is 83.9 Å². The molecule has 4 aromatic rings. The highest BCUT2D eigenvalue weighted by Crippen LogP contribution is 2.22. The Kier molecular flexibility index (Phi) is 7.31. The highest BCUT2D eigenvalue weighted by Gasteiger charge is 2.10. The second kappa shape index (κ2) is 10.7. The van der Waals surface area contributed by atoms with Gasteiger partial charge in [-0.15, -0.1) is 0 Å². The third-order valence-corrected chi connectivity index (χ3v) is 5.63. The van der Waals surface area contributed by atoms with Gasteiger partial charge in [0.1, 0.15) is 12.4 Å². The number of imidazole rings is 1. The number of nitrogens with zero attached hydrogens (tertiary/aromatic N) is 4. The van der Waals surface area contributed by atoms with E-state index < -0.39 is 0 Å². The van der Waals surface area contributed by atoms with E-state index in [9.17, 15) is 0 Å². The van der Waals surface area contributed by atoms with Crippen molar-refractivity contribution in [1.29, 1.82) is 0 Å². The number of fused-ring (bicyclic) bond motifs is 1. The second-order valence-corrected chi connectivity index (χ2v) is 7.68. The van der Waals surface area contributed by atoms with Crippen LogP contribution < -0.4 is 4.74 Å². The molecule has 0 amide bonds. The average molecular weight is 427 g/mol. The van der Waals surface area contributed by atoms with Crippen molar-refractivity contribution in [3.8, 4) is 5.75 Å². The number of hydrogen-bond acceptors (Lipinski definition) is 4. The Morgan fingerprint density at radius 3 is 2.38 bits per heavy atom. The van der Waals surface area contributed by atoms with E-state index in [4.69, 9.17) is 14.7 Å². The molecule has 0 saturated heterocycles. The van der Waals surface area contributed by atoms with Crippen molar-refractivity contribution in [3.63, 3.8) is 0 Å². The summed E-state index contributed by atoms with van der Waals surface area (Å²) in [6.07, 6.45) is 1.87. The summed E-state index contributed by atoms with van der Waals surface area (Å²) in [4.78, 5) is 11.9. The number of para-hydroxylation sites is 2. The van der Waals surface area contributed by atoms with Crippen LogP contribution in [0.25, 0.3) is 11.0 Å². The summed E-state index contributed by atoms with van der Waals surface area (Å²) in [6, 6.07) is 26.4. The van der Waals surface area contributed by atoms with Crippen molar-refractivity contribution in [2.75, 3.05) is 19.6 Å². The second-order valence-electron chi connectivity index (χ2n) is 7.68. The fourth-order valence-corrected chi connectivity index (χ4v) is 3.69. The van der Waals surface area contributed by atoms with E-state index in [2.05, 4.69) is 47.6 Å². The molecule has 5 heteroatoms. The number of aliphatic imine (C=N–C) groups is 1. The van der Waals surface area contributed by atoms with Crippen molar-refractivity contribution >= 4 is 23.2 Å². The smallest absolute Gasteiger partial charge is 0.230 e. The molecule has 0 unspecified atom stereocenters. The van der Waals surface area contributed by atoms with Crippen LogP contribution in [0.1, 0.15) is 25.0 Å². The molecule has 32 heavy (non-hydrogen) atoms. The Balaban J connectivity index is 1.47. The number of benzene rings is 3. The molecule has 4 rings (SSSR count). The van der Waals surface area contributed by atoms with E-state index in [1.54, 1.807) is 0 Å². The molecule has 1 heterocycles. The van der Waals surface area contributed by atoms with E-state index in [1.165, 1.54) is 0 Å². The molecule has 0 saturated carbocycles. The highest BCUT2D eigenvalue weighted by molar-refractivity contribution is 5.83. The van der Waals surface area contributed by atoms with Crippen LogP contribution in [0.2, 0.25) is 0 Å². The summed E-state index contributed by atoms with van der Waals surface area (Å²) in [6.45, 7) is 8.87. The van der Waals surface area contributed by atoms with Crippen LogP contribution in [0.5, 0.6) is 5.75 Å². The molecule has 5 nitrogen and oxygen atoms in total. The molecule has 0 atom stereocenters. The monoisotopic (exact) mass is 426 g/mol. The molecule has 0 aliphatic rings. The van der Waals surface area contributed by atoms with Crippen LogP contribution in [-0.4, -0.2) is 40.3 Å². The molecule has 0 aliphatic heterocycles. The predicted octanol–water partition coefficient (Wildman–Crippen LogP) is 5.71. The molecular weight excluding hydrogens is 396 g/mol. The quantitative estimate of drug-likeness (QED) is 0.305. The number of rotatable bonds is 10. The third kappa shape index (κ3) is 5.42. The van der Waals surface area contributed by atoms with Crippen LogP contribution in [0.4, 0.5) is 5.95 Å². The Morgan fingerprint density at radius 1 is 0.906 bits per heavy atom. The van der Waals surface area contributed by atoms with E-state index >= 15 is 0 Å². The van der Waals surface area contributed by atoms with Gasteiger partial charge in [0, 0.05) is 19.3 Å². The first-order chi connectivity index (χ1) is 15.8. The minimum Gasteiger partial charge on any atom is -0.489 e. The largest absolute Gasteiger partial charge is 0.489 e. The van der Waals surface area contributed by atoms with Crippen molar-refractivity contribution in [1.82, 2.24) is 14.5 Å². The van der Waals surface area contributed by atoms with Gasteiger partial charge in [0.2, 0.25) is 5.95 Å². The molecular formula is C27H30N4O. The highest BCUT2D eigenvalue weighted by atomic mass is 16.5. The lowest BCUT2D eigenvalue weighted by Gasteiger charge is -2.18. The van der Waals surface area contributed by atoms with Gasteiger partial charge in [0.05, 0.1) is 11.0 Å². The van der Waals surface area contributed by atoms with Gasteiger partial charge < -0.3 is 14.2 Å². The molecule has 0 bridgehead atoms. The maximum atomic E-state index is 5.88. The minimum absolute atomic E-state index is 0.560. The van der Waals surface area contributed by atoms with Crippen LogP contribution in [0.3, 0.4) is 0 Å². The van der Waals surface area contributed by atoms with Gasteiger partial charge in [0.15, 0.2) is 0 Å². The fraction of sp³-hybridized carbons (Fsp3) is 0.259. The fourth-order valence-electron chi connectivity index (χ4n) is 3.69. The number of aromatic nitrogens is 2. The van der Waals surface area contributed by atoms with Crippen LogP contribution in [0, 0.1) is 0 Å². The van der Waals surface area contributed by atoms with Gasteiger partial charge in [-0.2, -0.15) is 0 Å². The molecule has 0 N–H and O–H groups in total. The number of ether oxygens (including phenoxy) is 1. The Bertz CT molecular complexity index is 1150. The summed E-state index contributed by atoms with van der Waals surface area (Å²) >= 11 is 0. The Hall–Kier alpha value is -3.44. The van der Waals surface area contributed by atoms with Gasteiger partial charge in [0.25, 0.3) is 0 Å². The van der Waals surface area contributed by atoms with Crippen molar-refractivity contribution in [2.45, 2.75) is 27.0 Å². The zero-order valence-corrected chi connectivity index (χ0v) is 18.8. The average Bonchev–Trinajstić information content (AvgIpc) is 3.21. The molecule has 0 fully saturated rings. The molecule has 0 aliphatic carbocycles. The standard InChI is InChI=1S/C27H30N4O/c1-3-30(4-2)18-19-31-26-13-9-8-12-25(26)29-27(31)28-20-22-14-16-24(17-15-22)32-21-23-10-6-5-7-11-23/h5-17,20H,3-4,18-19,21H2,1-2H3. The van der Waals surface area contributed by atoms with E-state index in [1.807, 2.05) is 60.8 Å². The van der Waals surface area contributed by atoms with Gasteiger partial charge in [-0.3, -0.25) is 0 Å². The van der Waals surface area contributed by atoms with E-state index in [0.717, 1.165) is 60.0 Å². The van der Waals surface area contributed by atoms with Crippen molar-refractivity contribution in [3.05, 3.63) is 90.0 Å². The summed E-state index contributed by atoms with van der Waals surface area (Å²) in [5.74, 6) is 1.58. The van der Waals surface area contributed by atoms with Gasteiger partial charge >= 0.3 is 0 Å². The maximum Gasteiger partial charge on any atom is 0.230 e. The zero-order chi connectivity index (χ0) is 22.2. The Labute approximate surface area is 190 Å². The van der Waals surface area contributed by atoms with Gasteiger partial charge in [-0.25, -0.2) is 9.98 Å². The lowest BCUT2D eigenvalue weighted by atomic mass is 10.2. The molecule has 164 valence electrons.